The molecule has 9 aromatic carbocycles. The molecule has 0 aliphatic carbocycles. The lowest BCUT2D eigenvalue weighted by atomic mass is 10.0. The summed E-state index contributed by atoms with van der Waals surface area (Å²) in [5.74, 6) is 0. The smallest absolute Gasteiger partial charge is 0.0542 e. The van der Waals surface area contributed by atoms with Crippen LogP contribution in [0.2, 0.25) is 0 Å². The Balaban J connectivity index is 0.951. The van der Waals surface area contributed by atoms with Crippen molar-refractivity contribution < 1.29 is 0 Å². The zero-order valence-corrected chi connectivity index (χ0v) is 31.7. The van der Waals surface area contributed by atoms with Gasteiger partial charge in [0.05, 0.1) is 11.0 Å². The molecule has 0 fully saturated rings. The Morgan fingerprint density at radius 1 is 0.293 bits per heavy atom. The molecule has 0 radical (unpaired) electrons. The monoisotopic (exact) mass is 742 g/mol. The third kappa shape index (κ3) is 5.78. The van der Waals surface area contributed by atoms with Crippen molar-refractivity contribution in [3.63, 3.8) is 0 Å². The van der Waals surface area contributed by atoms with Crippen LogP contribution in [0.1, 0.15) is 0 Å². The highest BCUT2D eigenvalue weighted by molar-refractivity contribution is 6.11. The molecule has 0 saturated heterocycles. The molecule has 11 aromatic rings. The summed E-state index contributed by atoms with van der Waals surface area (Å²) in [6.07, 6.45) is 0. The Morgan fingerprint density at radius 2 is 0.724 bits per heavy atom. The first-order valence-electron chi connectivity index (χ1n) is 19.8. The Hall–Kier alpha value is -7.82. The first-order valence-corrected chi connectivity index (χ1v) is 19.8. The average Bonchev–Trinajstić information content (AvgIpc) is 3.83. The number of H-pyrrole nitrogens is 1. The second-order valence-corrected chi connectivity index (χ2v) is 14.7. The number of rotatable bonds is 8. The van der Waals surface area contributed by atoms with Gasteiger partial charge in [-0.2, -0.15) is 0 Å². The van der Waals surface area contributed by atoms with Crippen molar-refractivity contribution in [2.45, 2.75) is 0 Å². The summed E-state index contributed by atoms with van der Waals surface area (Å²) < 4.78 is 2.36. The Kier molecular flexibility index (Phi) is 8.11. The first kappa shape index (κ1) is 33.5. The third-order valence-electron chi connectivity index (χ3n) is 11.3. The van der Waals surface area contributed by atoms with Crippen molar-refractivity contribution >= 4 is 77.7 Å². The number of hydrogen-bond donors (Lipinski definition) is 1. The largest absolute Gasteiger partial charge is 0.355 e. The van der Waals surface area contributed by atoms with Gasteiger partial charge in [0.2, 0.25) is 0 Å². The maximum Gasteiger partial charge on any atom is 0.0542 e. The molecule has 0 unspecified atom stereocenters. The Labute approximate surface area is 337 Å². The van der Waals surface area contributed by atoms with Gasteiger partial charge < -0.3 is 19.4 Å². The van der Waals surface area contributed by atoms with Crippen LogP contribution in [0.5, 0.6) is 0 Å². The van der Waals surface area contributed by atoms with E-state index in [1.165, 1.54) is 32.6 Å². The summed E-state index contributed by atoms with van der Waals surface area (Å²) in [5, 5.41) is 4.90. The topological polar surface area (TPSA) is 27.2 Å². The highest BCUT2D eigenvalue weighted by Crippen LogP contribution is 2.41. The van der Waals surface area contributed by atoms with Gasteiger partial charge in [-0.1, -0.05) is 115 Å². The lowest BCUT2D eigenvalue weighted by Gasteiger charge is -2.26. The number of benzene rings is 9. The number of aromatic amines is 1. The van der Waals surface area contributed by atoms with Gasteiger partial charge >= 0.3 is 0 Å². The van der Waals surface area contributed by atoms with Crippen LogP contribution in [-0.4, -0.2) is 9.55 Å². The molecule has 0 spiro atoms. The maximum atomic E-state index is 3.58. The van der Waals surface area contributed by atoms with Crippen LogP contribution in [0, 0.1) is 0 Å². The second-order valence-electron chi connectivity index (χ2n) is 14.7. The van der Waals surface area contributed by atoms with Crippen LogP contribution >= 0.6 is 0 Å². The van der Waals surface area contributed by atoms with Gasteiger partial charge in [-0.3, -0.25) is 0 Å². The molecule has 0 aliphatic heterocycles. The number of aromatic nitrogens is 2. The van der Waals surface area contributed by atoms with Crippen LogP contribution in [-0.2, 0) is 0 Å². The van der Waals surface area contributed by atoms with E-state index in [9.17, 15) is 0 Å². The van der Waals surface area contributed by atoms with Gasteiger partial charge in [-0.15, -0.1) is 0 Å². The molecule has 4 heteroatoms. The summed E-state index contributed by atoms with van der Waals surface area (Å²) in [5.41, 5.74) is 14.8. The van der Waals surface area contributed by atoms with E-state index in [1.807, 2.05) is 0 Å². The van der Waals surface area contributed by atoms with E-state index in [2.05, 4.69) is 244 Å². The van der Waals surface area contributed by atoms with Crippen LogP contribution in [0.3, 0.4) is 0 Å². The van der Waals surface area contributed by atoms with Gasteiger partial charge in [0.25, 0.3) is 0 Å². The van der Waals surface area contributed by atoms with Gasteiger partial charge in [-0.25, -0.2) is 0 Å². The third-order valence-corrected chi connectivity index (χ3v) is 11.3. The predicted octanol–water partition coefficient (Wildman–Crippen LogP) is 15.0. The van der Waals surface area contributed by atoms with Crippen molar-refractivity contribution in [3.8, 4) is 16.8 Å². The van der Waals surface area contributed by atoms with Crippen LogP contribution in [0.25, 0.3) is 60.4 Å². The molecule has 274 valence electrons. The Morgan fingerprint density at radius 3 is 1.34 bits per heavy atom. The van der Waals surface area contributed by atoms with E-state index < -0.39 is 0 Å². The molecule has 2 heterocycles. The standard InChI is InChI=1S/C54H38N4/c1-4-14-40(15-5-1)56(45-32-34-52-49(36-45)47-20-10-12-22-51(47)55-52)43-28-24-38(25-29-43)39-26-30-44(31-27-39)57(41-16-6-2-7-17-41)46-33-35-54-50(37-46)48-21-11-13-23-53(48)58(54)42-18-8-3-9-19-42/h1-37,55H. The van der Waals surface area contributed by atoms with E-state index in [-0.39, 0.29) is 0 Å². The van der Waals surface area contributed by atoms with Crippen molar-refractivity contribution in [2.24, 2.45) is 0 Å². The van der Waals surface area contributed by atoms with E-state index in [0.717, 1.165) is 62.0 Å². The van der Waals surface area contributed by atoms with E-state index in [0.29, 0.717) is 0 Å². The van der Waals surface area contributed by atoms with E-state index in [1.54, 1.807) is 0 Å². The molecule has 0 aliphatic rings. The Bertz CT molecular complexity index is 3200. The molecule has 11 rings (SSSR count). The number of hydrogen-bond acceptors (Lipinski definition) is 2. The molecule has 58 heavy (non-hydrogen) atoms. The number of anilines is 6. The fourth-order valence-corrected chi connectivity index (χ4v) is 8.58. The molecular weight excluding hydrogens is 705 g/mol. The van der Waals surface area contributed by atoms with Crippen molar-refractivity contribution in [1.29, 1.82) is 0 Å². The van der Waals surface area contributed by atoms with E-state index >= 15 is 0 Å². The number of para-hydroxylation sites is 5. The summed E-state index contributed by atoms with van der Waals surface area (Å²) in [4.78, 5) is 8.26. The quantitative estimate of drug-likeness (QED) is 0.168. The molecule has 2 aromatic heterocycles. The molecular formula is C54H38N4. The summed E-state index contributed by atoms with van der Waals surface area (Å²) in [6.45, 7) is 0. The minimum absolute atomic E-state index is 1.10. The lowest BCUT2D eigenvalue weighted by Crippen LogP contribution is -2.10. The first-order chi connectivity index (χ1) is 28.8. The zero-order valence-electron chi connectivity index (χ0n) is 31.7. The van der Waals surface area contributed by atoms with Crippen LogP contribution < -0.4 is 9.80 Å². The van der Waals surface area contributed by atoms with E-state index in [4.69, 9.17) is 0 Å². The van der Waals surface area contributed by atoms with Crippen molar-refractivity contribution in [3.05, 3.63) is 224 Å². The highest BCUT2D eigenvalue weighted by atomic mass is 15.1. The zero-order chi connectivity index (χ0) is 38.4. The van der Waals surface area contributed by atoms with Gasteiger partial charge in [0.1, 0.15) is 0 Å². The minimum atomic E-state index is 1.10. The fraction of sp³-hybridized carbons (Fsp3) is 0. The fourth-order valence-electron chi connectivity index (χ4n) is 8.58. The van der Waals surface area contributed by atoms with Gasteiger partial charge in [0.15, 0.2) is 0 Å². The normalized spacial score (nSPS) is 11.4. The van der Waals surface area contributed by atoms with Crippen LogP contribution in [0.4, 0.5) is 34.1 Å². The molecule has 1 N–H and O–H groups in total. The summed E-state index contributed by atoms with van der Waals surface area (Å²) in [7, 11) is 0. The number of nitrogens with zero attached hydrogens (tertiary/aromatic N) is 3. The van der Waals surface area contributed by atoms with Gasteiger partial charge in [-0.05, 0) is 120 Å². The predicted molar refractivity (Wildman–Crippen MR) is 245 cm³/mol. The molecule has 0 bridgehead atoms. The van der Waals surface area contributed by atoms with Crippen LogP contribution in [0.15, 0.2) is 224 Å². The van der Waals surface area contributed by atoms with Gasteiger partial charge in [0, 0.05) is 72.4 Å². The average molecular weight is 743 g/mol. The SMILES string of the molecule is c1ccc(N(c2ccc(-c3ccc(N(c4ccccc4)c4ccc5c(c4)c4ccccc4n5-c4ccccc4)cc3)cc2)c2ccc3[nH]c4ccccc4c3c2)cc1. The molecule has 0 amide bonds. The highest BCUT2D eigenvalue weighted by Gasteiger charge is 2.18. The molecule has 0 atom stereocenters. The number of nitrogens with one attached hydrogen (secondary N) is 1. The number of fused-ring (bicyclic) bond motifs is 6. The summed E-state index contributed by atoms with van der Waals surface area (Å²) in [6, 6.07) is 80.5. The maximum absolute atomic E-state index is 3.58. The molecule has 4 nitrogen and oxygen atoms in total. The lowest BCUT2D eigenvalue weighted by molar-refractivity contribution is 1.18. The minimum Gasteiger partial charge on any atom is -0.355 e. The molecule has 0 saturated carbocycles. The van der Waals surface area contributed by atoms with Crippen molar-refractivity contribution in [2.75, 3.05) is 9.80 Å². The summed E-state index contributed by atoms with van der Waals surface area (Å²) >= 11 is 0. The second kappa shape index (κ2) is 14.0. The van der Waals surface area contributed by atoms with Crippen molar-refractivity contribution in [1.82, 2.24) is 9.55 Å².